The van der Waals surface area contributed by atoms with Crippen molar-refractivity contribution in [3.63, 3.8) is 0 Å². The Morgan fingerprint density at radius 3 is 2.37 bits per heavy atom. The predicted octanol–water partition coefficient (Wildman–Crippen LogP) is 1.43. The summed E-state index contributed by atoms with van der Waals surface area (Å²) >= 11 is 12.1. The smallest absolute Gasteiger partial charge is 0.248 e. The molecule has 0 radical (unpaired) electrons. The molecule has 0 unspecified atom stereocenters. The van der Waals surface area contributed by atoms with Gasteiger partial charge in [-0.1, -0.05) is 29.3 Å². The third-order valence-electron chi connectivity index (χ3n) is 6.43. The Bertz CT molecular complexity index is 802. The fraction of sp³-hybridized carbons (Fsp3) is 0.619. The summed E-state index contributed by atoms with van der Waals surface area (Å²) in [6.45, 7) is 3.16. The first-order chi connectivity index (χ1) is 14.5. The number of fused-ring (bicyclic) bond motifs is 1. The second-order valence-electron chi connectivity index (χ2n) is 8.16. The minimum atomic E-state index is -0.533. The predicted molar refractivity (Wildman–Crippen MR) is 114 cm³/mol. The molecule has 164 valence electrons. The Hall–Kier alpha value is -1.38. The van der Waals surface area contributed by atoms with E-state index in [9.17, 15) is 14.7 Å². The number of aliphatic hydroxyl groups is 1. The van der Waals surface area contributed by atoms with E-state index in [1.807, 2.05) is 11.0 Å². The largest absolute Gasteiger partial charge is 0.387 e. The number of benzene rings is 1. The molecule has 0 aromatic heterocycles. The van der Waals surface area contributed by atoms with Crippen molar-refractivity contribution in [1.82, 2.24) is 14.7 Å². The molecule has 1 aromatic carbocycles. The summed E-state index contributed by atoms with van der Waals surface area (Å²) in [4.78, 5) is 31.7. The van der Waals surface area contributed by atoms with Gasteiger partial charge in [0.05, 0.1) is 47.8 Å². The molecule has 1 aromatic rings. The van der Waals surface area contributed by atoms with E-state index in [-0.39, 0.29) is 36.4 Å². The summed E-state index contributed by atoms with van der Waals surface area (Å²) < 4.78 is 5.88. The highest BCUT2D eigenvalue weighted by Gasteiger charge is 2.48. The lowest BCUT2D eigenvalue weighted by Crippen LogP contribution is -2.72. The number of hydrogen-bond acceptors (Lipinski definition) is 5. The number of ether oxygens (including phenoxy) is 1. The van der Waals surface area contributed by atoms with Gasteiger partial charge in [-0.05, 0) is 43.6 Å². The van der Waals surface area contributed by atoms with E-state index >= 15 is 0 Å². The number of rotatable bonds is 4. The van der Waals surface area contributed by atoms with Crippen molar-refractivity contribution in [3.05, 3.63) is 33.8 Å². The summed E-state index contributed by atoms with van der Waals surface area (Å²) in [6, 6.07) is 4.88. The third kappa shape index (κ3) is 4.32. The van der Waals surface area contributed by atoms with Crippen LogP contribution in [0.1, 0.15) is 18.4 Å². The number of piperazine rings is 1. The standard InChI is InChI=1S/C21H27Cl2N3O4/c22-15-4-3-14(9-16(15)23)10-19(28)26-8-7-25(20(29)11-27)18-13-30-12-17(21(18)26)24-5-1-2-6-24/h3-4,9,17-18,21,27H,1-2,5-8,10-13H2/t17-,18+,21+/m0/s1. The number of carbonyl (C=O) groups is 2. The van der Waals surface area contributed by atoms with Crippen LogP contribution in [0.25, 0.3) is 0 Å². The van der Waals surface area contributed by atoms with E-state index < -0.39 is 6.61 Å². The Balaban J connectivity index is 1.59. The first-order valence-corrected chi connectivity index (χ1v) is 11.2. The van der Waals surface area contributed by atoms with Gasteiger partial charge in [0.2, 0.25) is 11.8 Å². The molecule has 0 aliphatic carbocycles. The number of likely N-dealkylation sites (tertiary alicyclic amines) is 1. The zero-order valence-electron chi connectivity index (χ0n) is 16.8. The van der Waals surface area contributed by atoms with Crippen LogP contribution in [-0.2, 0) is 20.7 Å². The molecule has 1 N–H and O–H groups in total. The van der Waals surface area contributed by atoms with Gasteiger partial charge < -0.3 is 19.6 Å². The molecule has 0 spiro atoms. The zero-order chi connectivity index (χ0) is 21.3. The molecule has 3 aliphatic rings. The molecule has 9 heteroatoms. The van der Waals surface area contributed by atoms with E-state index in [1.165, 1.54) is 0 Å². The van der Waals surface area contributed by atoms with Gasteiger partial charge in [0.25, 0.3) is 0 Å². The van der Waals surface area contributed by atoms with Gasteiger partial charge in [0.1, 0.15) is 6.61 Å². The number of nitrogens with zero attached hydrogens (tertiary/aromatic N) is 3. The molecule has 3 atom stereocenters. The van der Waals surface area contributed by atoms with E-state index in [0.717, 1.165) is 31.5 Å². The van der Waals surface area contributed by atoms with Crippen LogP contribution in [0.5, 0.6) is 0 Å². The molecule has 3 aliphatic heterocycles. The lowest BCUT2D eigenvalue weighted by Gasteiger charge is -2.54. The Morgan fingerprint density at radius 2 is 1.67 bits per heavy atom. The van der Waals surface area contributed by atoms with Crippen molar-refractivity contribution in [1.29, 1.82) is 0 Å². The van der Waals surface area contributed by atoms with Crippen molar-refractivity contribution in [2.75, 3.05) is 46.0 Å². The van der Waals surface area contributed by atoms with Gasteiger partial charge in [-0.3, -0.25) is 14.5 Å². The van der Waals surface area contributed by atoms with Crippen LogP contribution >= 0.6 is 23.2 Å². The quantitative estimate of drug-likeness (QED) is 0.743. The summed E-state index contributed by atoms with van der Waals surface area (Å²) in [5.41, 5.74) is 0.810. The molecular formula is C21H27Cl2N3O4. The van der Waals surface area contributed by atoms with Gasteiger partial charge >= 0.3 is 0 Å². The molecule has 0 bridgehead atoms. The fourth-order valence-electron chi connectivity index (χ4n) is 5.00. The van der Waals surface area contributed by atoms with Crippen LogP contribution < -0.4 is 0 Å². The molecule has 30 heavy (non-hydrogen) atoms. The molecule has 2 amide bonds. The highest BCUT2D eigenvalue weighted by atomic mass is 35.5. The molecule has 3 heterocycles. The van der Waals surface area contributed by atoms with Gasteiger partial charge in [0, 0.05) is 13.1 Å². The Morgan fingerprint density at radius 1 is 0.967 bits per heavy atom. The van der Waals surface area contributed by atoms with Crippen LogP contribution in [-0.4, -0.2) is 95.7 Å². The van der Waals surface area contributed by atoms with Gasteiger partial charge in [-0.2, -0.15) is 0 Å². The Labute approximate surface area is 186 Å². The maximum absolute atomic E-state index is 13.4. The average molecular weight is 456 g/mol. The molecule has 4 rings (SSSR count). The van der Waals surface area contributed by atoms with E-state index in [4.69, 9.17) is 27.9 Å². The third-order valence-corrected chi connectivity index (χ3v) is 7.17. The highest BCUT2D eigenvalue weighted by Crippen LogP contribution is 2.30. The van der Waals surface area contributed by atoms with Crippen molar-refractivity contribution in [2.45, 2.75) is 37.4 Å². The topological polar surface area (TPSA) is 73.3 Å². The summed E-state index contributed by atoms with van der Waals surface area (Å²) in [5, 5.41) is 10.3. The molecule has 0 saturated carbocycles. The van der Waals surface area contributed by atoms with Crippen LogP contribution in [0.15, 0.2) is 18.2 Å². The fourth-order valence-corrected chi connectivity index (χ4v) is 5.32. The first kappa shape index (κ1) is 21.8. The van der Waals surface area contributed by atoms with E-state index in [2.05, 4.69) is 4.90 Å². The first-order valence-electron chi connectivity index (χ1n) is 10.4. The lowest BCUT2D eigenvalue weighted by molar-refractivity contribution is -0.164. The van der Waals surface area contributed by atoms with Crippen LogP contribution in [0, 0.1) is 0 Å². The molecule has 7 nitrogen and oxygen atoms in total. The van der Waals surface area contributed by atoms with E-state index in [0.29, 0.717) is 36.3 Å². The second-order valence-corrected chi connectivity index (χ2v) is 8.98. The van der Waals surface area contributed by atoms with Crippen LogP contribution in [0.2, 0.25) is 10.0 Å². The summed E-state index contributed by atoms with van der Waals surface area (Å²) in [6.07, 6.45) is 2.48. The SMILES string of the molecule is O=C(Cc1ccc(Cl)c(Cl)c1)N1CCN(C(=O)CO)[C@@H]2COC[C@H](N3CCCC3)[C@H]21. The number of hydrogen-bond donors (Lipinski definition) is 1. The summed E-state index contributed by atoms with van der Waals surface area (Å²) in [7, 11) is 0. The van der Waals surface area contributed by atoms with Crippen molar-refractivity contribution < 1.29 is 19.4 Å². The monoisotopic (exact) mass is 455 g/mol. The van der Waals surface area contributed by atoms with Gasteiger partial charge in [-0.15, -0.1) is 0 Å². The minimum Gasteiger partial charge on any atom is -0.387 e. The summed E-state index contributed by atoms with van der Waals surface area (Å²) in [5.74, 6) is -0.308. The Kier molecular flexibility index (Phi) is 6.85. The van der Waals surface area contributed by atoms with Crippen molar-refractivity contribution in [3.8, 4) is 0 Å². The highest BCUT2D eigenvalue weighted by molar-refractivity contribution is 6.42. The number of carbonyl (C=O) groups excluding carboxylic acids is 2. The maximum atomic E-state index is 13.4. The zero-order valence-corrected chi connectivity index (χ0v) is 18.3. The van der Waals surface area contributed by atoms with Gasteiger partial charge in [-0.25, -0.2) is 0 Å². The molecule has 3 fully saturated rings. The van der Waals surface area contributed by atoms with Crippen molar-refractivity contribution >= 4 is 35.0 Å². The van der Waals surface area contributed by atoms with Crippen LogP contribution in [0.3, 0.4) is 0 Å². The normalized spacial score (nSPS) is 27.2. The molecule has 3 saturated heterocycles. The number of amides is 2. The number of halogens is 2. The van der Waals surface area contributed by atoms with Crippen LogP contribution in [0.4, 0.5) is 0 Å². The van der Waals surface area contributed by atoms with E-state index in [1.54, 1.807) is 17.0 Å². The molecular weight excluding hydrogens is 429 g/mol. The minimum absolute atomic E-state index is 0.00517. The maximum Gasteiger partial charge on any atom is 0.248 e. The lowest BCUT2D eigenvalue weighted by atomic mass is 9.90. The number of aliphatic hydroxyl groups excluding tert-OH is 1. The average Bonchev–Trinajstić information content (AvgIpc) is 3.29. The second kappa shape index (κ2) is 9.40. The van der Waals surface area contributed by atoms with Gasteiger partial charge in [0.15, 0.2) is 0 Å². The van der Waals surface area contributed by atoms with Crippen molar-refractivity contribution in [2.24, 2.45) is 0 Å².